The lowest BCUT2D eigenvalue weighted by Gasteiger charge is -2.18. The number of nitrogens with one attached hydrogen (secondary N) is 1. The molecule has 0 aromatic carbocycles. The van der Waals surface area contributed by atoms with Crippen molar-refractivity contribution in [3.63, 3.8) is 0 Å². The molecule has 1 aliphatic heterocycles. The normalized spacial score (nSPS) is 24.7. The van der Waals surface area contributed by atoms with Crippen LogP contribution in [0.4, 0.5) is 0 Å². The highest BCUT2D eigenvalue weighted by Gasteiger charge is 2.30. The fourth-order valence-electron chi connectivity index (χ4n) is 2.20. The lowest BCUT2D eigenvalue weighted by atomic mass is 10.00. The zero-order valence-electron chi connectivity index (χ0n) is 10.4. The first-order chi connectivity index (χ1) is 8.16. The molecule has 0 radical (unpaired) electrons. The van der Waals surface area contributed by atoms with Gasteiger partial charge in [-0.25, -0.2) is 0 Å². The van der Waals surface area contributed by atoms with Gasteiger partial charge in [-0.05, 0) is 31.0 Å². The largest absolute Gasteiger partial charge is 0.372 e. The third kappa shape index (κ3) is 3.68. The van der Waals surface area contributed by atoms with E-state index >= 15 is 0 Å². The molecule has 96 valence electrons. The van der Waals surface area contributed by atoms with E-state index < -0.39 is 0 Å². The van der Waals surface area contributed by atoms with Crippen LogP contribution in [0.15, 0.2) is 12.1 Å². The molecule has 1 aliphatic rings. The number of hydrogen-bond donors (Lipinski definition) is 1. The van der Waals surface area contributed by atoms with Gasteiger partial charge in [0.05, 0.1) is 10.4 Å². The summed E-state index contributed by atoms with van der Waals surface area (Å²) in [6.07, 6.45) is 1.39. The lowest BCUT2D eigenvalue weighted by molar-refractivity contribution is 0.0932. The van der Waals surface area contributed by atoms with E-state index in [0.29, 0.717) is 11.8 Å². The Morgan fingerprint density at radius 3 is 3.00 bits per heavy atom. The molecule has 1 saturated heterocycles. The van der Waals surface area contributed by atoms with E-state index in [1.165, 1.54) is 4.88 Å². The van der Waals surface area contributed by atoms with Gasteiger partial charge in [-0.15, -0.1) is 11.3 Å². The fraction of sp³-hybridized carbons (Fsp3) is 0.692. The van der Waals surface area contributed by atoms with Crippen LogP contribution in [0.5, 0.6) is 0 Å². The minimum absolute atomic E-state index is 0.243. The Morgan fingerprint density at radius 2 is 2.35 bits per heavy atom. The topological polar surface area (TPSA) is 21.3 Å². The molecule has 0 bridgehead atoms. The Morgan fingerprint density at radius 1 is 1.53 bits per heavy atom. The number of ether oxygens (including phenoxy) is 1. The van der Waals surface area contributed by atoms with E-state index in [9.17, 15) is 0 Å². The average Bonchev–Trinajstić information content (AvgIpc) is 2.86. The minimum Gasteiger partial charge on any atom is -0.372 e. The maximum atomic E-state index is 5.98. The quantitative estimate of drug-likeness (QED) is 0.883. The zero-order chi connectivity index (χ0) is 12.3. The van der Waals surface area contributed by atoms with Gasteiger partial charge in [-0.3, -0.25) is 0 Å². The Labute approximate surface area is 112 Å². The highest BCUT2D eigenvalue weighted by atomic mass is 35.5. The molecule has 2 nitrogen and oxygen atoms in total. The minimum atomic E-state index is 0.243. The van der Waals surface area contributed by atoms with Gasteiger partial charge in [-0.1, -0.05) is 25.4 Å². The molecule has 1 aromatic rings. The first kappa shape index (κ1) is 13.3. The van der Waals surface area contributed by atoms with E-state index in [4.69, 9.17) is 16.3 Å². The average molecular weight is 274 g/mol. The van der Waals surface area contributed by atoms with Gasteiger partial charge < -0.3 is 10.1 Å². The first-order valence-electron chi connectivity index (χ1n) is 6.24. The molecule has 2 atom stereocenters. The molecule has 1 fully saturated rings. The van der Waals surface area contributed by atoms with Gasteiger partial charge in [0.25, 0.3) is 0 Å². The highest BCUT2D eigenvalue weighted by Crippen LogP contribution is 2.38. The lowest BCUT2D eigenvalue weighted by Crippen LogP contribution is -2.27. The molecule has 2 unspecified atom stereocenters. The van der Waals surface area contributed by atoms with Gasteiger partial charge in [0.1, 0.15) is 0 Å². The number of hydrogen-bond acceptors (Lipinski definition) is 3. The molecule has 0 spiro atoms. The molecular formula is C13H20ClNOS. The molecule has 0 saturated carbocycles. The van der Waals surface area contributed by atoms with E-state index in [1.54, 1.807) is 11.3 Å². The predicted octanol–water partition coefficient (Wildman–Crippen LogP) is 3.72. The second-order valence-corrected chi connectivity index (χ2v) is 6.78. The number of halogens is 1. The molecule has 1 N–H and O–H groups in total. The molecule has 2 heterocycles. The summed E-state index contributed by atoms with van der Waals surface area (Å²) in [6.45, 7) is 7.45. The Hall–Kier alpha value is -0.0900. The van der Waals surface area contributed by atoms with Crippen LogP contribution in [0.2, 0.25) is 4.34 Å². The van der Waals surface area contributed by atoms with Crippen molar-refractivity contribution < 1.29 is 4.74 Å². The number of rotatable bonds is 5. The molecule has 0 amide bonds. The van der Waals surface area contributed by atoms with Crippen LogP contribution in [-0.2, 0) is 4.74 Å². The van der Waals surface area contributed by atoms with Gasteiger partial charge in [0.15, 0.2) is 0 Å². The van der Waals surface area contributed by atoms with Crippen LogP contribution < -0.4 is 5.32 Å². The standard InChI is InChI=1S/C13H20ClNOS/c1-9(2)7-15-8-10-5-6-16-13(10)11-3-4-12(14)17-11/h3-4,9-10,13,15H,5-8H2,1-2H3. The third-order valence-corrected chi connectivity index (χ3v) is 4.34. The summed E-state index contributed by atoms with van der Waals surface area (Å²) in [5.74, 6) is 1.29. The number of thiophene rings is 1. The highest BCUT2D eigenvalue weighted by molar-refractivity contribution is 7.16. The molecule has 4 heteroatoms. The predicted molar refractivity (Wildman–Crippen MR) is 73.8 cm³/mol. The van der Waals surface area contributed by atoms with Gasteiger partial charge in [0.2, 0.25) is 0 Å². The zero-order valence-corrected chi connectivity index (χ0v) is 12.0. The third-order valence-electron chi connectivity index (χ3n) is 3.05. The first-order valence-corrected chi connectivity index (χ1v) is 7.44. The Kier molecular flexibility index (Phi) is 4.86. The molecular weight excluding hydrogens is 254 g/mol. The van der Waals surface area contributed by atoms with Gasteiger partial charge >= 0.3 is 0 Å². The summed E-state index contributed by atoms with van der Waals surface area (Å²) in [5.41, 5.74) is 0. The molecule has 17 heavy (non-hydrogen) atoms. The summed E-state index contributed by atoms with van der Waals surface area (Å²) >= 11 is 7.62. The van der Waals surface area contributed by atoms with Crippen molar-refractivity contribution in [2.24, 2.45) is 11.8 Å². The van der Waals surface area contributed by atoms with Crippen LogP contribution in [0.25, 0.3) is 0 Å². The maximum Gasteiger partial charge on any atom is 0.0958 e. The second-order valence-electron chi connectivity index (χ2n) is 5.03. The summed E-state index contributed by atoms with van der Waals surface area (Å²) < 4.78 is 6.69. The molecule has 2 rings (SSSR count). The van der Waals surface area contributed by atoms with Crippen molar-refractivity contribution in [2.75, 3.05) is 19.7 Å². The fourth-order valence-corrected chi connectivity index (χ4v) is 3.40. The van der Waals surface area contributed by atoms with Crippen LogP contribution in [0, 0.1) is 11.8 Å². The SMILES string of the molecule is CC(C)CNCC1CCOC1c1ccc(Cl)s1. The Bertz CT molecular complexity index is 353. The van der Waals surface area contributed by atoms with E-state index in [2.05, 4.69) is 25.2 Å². The van der Waals surface area contributed by atoms with Crippen molar-refractivity contribution in [1.29, 1.82) is 0 Å². The molecule has 0 aliphatic carbocycles. The van der Waals surface area contributed by atoms with E-state index in [-0.39, 0.29) is 6.10 Å². The summed E-state index contributed by atoms with van der Waals surface area (Å²) in [5, 5.41) is 3.52. The monoisotopic (exact) mass is 273 g/mol. The van der Waals surface area contributed by atoms with Crippen molar-refractivity contribution in [3.8, 4) is 0 Å². The van der Waals surface area contributed by atoms with E-state index in [0.717, 1.165) is 30.5 Å². The van der Waals surface area contributed by atoms with Crippen LogP contribution in [-0.4, -0.2) is 19.7 Å². The van der Waals surface area contributed by atoms with Crippen molar-refractivity contribution in [3.05, 3.63) is 21.3 Å². The van der Waals surface area contributed by atoms with Crippen LogP contribution >= 0.6 is 22.9 Å². The molecule has 1 aromatic heterocycles. The summed E-state index contributed by atoms with van der Waals surface area (Å²) in [6, 6.07) is 4.06. The smallest absolute Gasteiger partial charge is 0.0958 e. The van der Waals surface area contributed by atoms with Gasteiger partial charge in [-0.2, -0.15) is 0 Å². The van der Waals surface area contributed by atoms with Crippen LogP contribution in [0.3, 0.4) is 0 Å². The van der Waals surface area contributed by atoms with Crippen molar-refractivity contribution >= 4 is 22.9 Å². The van der Waals surface area contributed by atoms with Crippen LogP contribution in [0.1, 0.15) is 31.2 Å². The maximum absolute atomic E-state index is 5.98. The van der Waals surface area contributed by atoms with Gasteiger partial charge in [0, 0.05) is 23.9 Å². The van der Waals surface area contributed by atoms with Crippen molar-refractivity contribution in [2.45, 2.75) is 26.4 Å². The summed E-state index contributed by atoms with van der Waals surface area (Å²) in [4.78, 5) is 1.27. The van der Waals surface area contributed by atoms with Crippen molar-refractivity contribution in [1.82, 2.24) is 5.32 Å². The Balaban J connectivity index is 1.89. The summed E-state index contributed by atoms with van der Waals surface area (Å²) in [7, 11) is 0. The second kappa shape index (κ2) is 6.19. The van der Waals surface area contributed by atoms with E-state index in [1.807, 2.05) is 6.07 Å².